The van der Waals surface area contributed by atoms with Crippen LogP contribution in [0.4, 0.5) is 0 Å². The highest BCUT2D eigenvalue weighted by Crippen LogP contribution is 2.29. The van der Waals surface area contributed by atoms with Gasteiger partial charge in [0.2, 0.25) is 0 Å². The largest absolute Gasteiger partial charge is 0.296 e. The predicted molar refractivity (Wildman–Crippen MR) is 66.7 cm³/mol. The monoisotopic (exact) mass is 263 g/mol. The highest BCUT2D eigenvalue weighted by atomic mass is 35.5. The summed E-state index contributed by atoms with van der Waals surface area (Å²) >= 11 is 7.28. The molecule has 0 aliphatic carbocycles. The Bertz CT molecular complexity index is 704. The minimum absolute atomic E-state index is 0.476. The number of pyridine rings is 1. The summed E-state index contributed by atoms with van der Waals surface area (Å²) < 4.78 is 2.21. The summed E-state index contributed by atoms with van der Waals surface area (Å²) in [6.07, 6.45) is 0.757. The lowest BCUT2D eigenvalue weighted by atomic mass is 10.4. The summed E-state index contributed by atoms with van der Waals surface area (Å²) in [5.74, 6) is 0.580. The van der Waals surface area contributed by atoms with Gasteiger partial charge < -0.3 is 0 Å². The summed E-state index contributed by atoms with van der Waals surface area (Å²) in [5, 5.41) is 4.29. The number of thiophene rings is 1. The Morgan fingerprint density at radius 1 is 1.29 bits per heavy atom. The molecule has 17 heavy (non-hydrogen) atoms. The van der Waals surface area contributed by atoms with Crippen molar-refractivity contribution in [2.45, 2.75) is 0 Å². The van der Waals surface area contributed by atoms with Gasteiger partial charge in [-0.3, -0.25) is 4.79 Å². The van der Waals surface area contributed by atoms with Crippen LogP contribution in [-0.4, -0.2) is 20.9 Å². The van der Waals surface area contributed by atoms with Gasteiger partial charge in [0.1, 0.15) is 5.69 Å². The van der Waals surface area contributed by atoms with E-state index < -0.39 is 0 Å². The molecule has 0 bridgehead atoms. The van der Waals surface area contributed by atoms with E-state index in [2.05, 4.69) is 10.1 Å². The van der Waals surface area contributed by atoms with Gasteiger partial charge >= 0.3 is 0 Å². The molecule has 0 aliphatic rings. The highest BCUT2D eigenvalue weighted by molar-refractivity contribution is 7.19. The fraction of sp³-hybridized carbons (Fsp3) is 0. The van der Waals surface area contributed by atoms with Crippen LogP contribution in [0.5, 0.6) is 0 Å². The second-order valence-electron chi connectivity index (χ2n) is 3.38. The quantitative estimate of drug-likeness (QED) is 0.668. The average molecular weight is 264 g/mol. The number of halogens is 1. The van der Waals surface area contributed by atoms with Gasteiger partial charge in [0.05, 0.1) is 9.21 Å². The van der Waals surface area contributed by atoms with Gasteiger partial charge in [-0.25, -0.2) is 9.50 Å². The van der Waals surface area contributed by atoms with Crippen molar-refractivity contribution >= 4 is 34.9 Å². The molecule has 3 heterocycles. The van der Waals surface area contributed by atoms with Crippen LogP contribution < -0.4 is 0 Å². The Balaban J connectivity index is 2.23. The maximum absolute atomic E-state index is 10.9. The third-order valence-corrected chi connectivity index (χ3v) is 3.53. The summed E-state index contributed by atoms with van der Waals surface area (Å²) in [4.78, 5) is 16.1. The number of carbonyl (C=O) groups excluding carboxylic acids is 1. The second-order valence-corrected chi connectivity index (χ2v) is 5.09. The third kappa shape index (κ3) is 1.73. The van der Waals surface area contributed by atoms with E-state index in [0.29, 0.717) is 21.5 Å². The minimum atomic E-state index is 0.476. The Labute approximate surface area is 105 Å². The van der Waals surface area contributed by atoms with E-state index >= 15 is 0 Å². The predicted octanol–water partition coefficient (Wildman–Crippen LogP) is 2.92. The number of rotatable bonds is 2. The topological polar surface area (TPSA) is 47.3 Å². The van der Waals surface area contributed by atoms with E-state index in [-0.39, 0.29) is 0 Å². The van der Waals surface area contributed by atoms with Crippen LogP contribution in [0, 0.1) is 0 Å². The average Bonchev–Trinajstić information content (AvgIpc) is 2.93. The lowest BCUT2D eigenvalue weighted by Crippen LogP contribution is -1.95. The van der Waals surface area contributed by atoms with Gasteiger partial charge in [-0.05, 0) is 24.3 Å². The van der Waals surface area contributed by atoms with Gasteiger partial charge in [-0.1, -0.05) is 17.7 Å². The number of aromatic nitrogens is 3. The first kappa shape index (κ1) is 10.4. The molecule has 0 saturated heterocycles. The molecule has 84 valence electrons. The molecule has 6 heteroatoms. The fourth-order valence-electron chi connectivity index (χ4n) is 1.55. The number of nitrogens with zero attached hydrogens (tertiary/aromatic N) is 3. The summed E-state index contributed by atoms with van der Waals surface area (Å²) in [7, 11) is 0. The zero-order valence-electron chi connectivity index (χ0n) is 8.50. The van der Waals surface area contributed by atoms with Crippen molar-refractivity contribution in [3.05, 3.63) is 40.4 Å². The van der Waals surface area contributed by atoms with Gasteiger partial charge in [0.15, 0.2) is 17.8 Å². The van der Waals surface area contributed by atoms with Gasteiger partial charge in [-0.15, -0.1) is 16.4 Å². The maximum atomic E-state index is 10.9. The molecule has 0 radical (unpaired) electrons. The molecule has 3 aromatic rings. The fourth-order valence-corrected chi connectivity index (χ4v) is 2.53. The Morgan fingerprint density at radius 3 is 2.88 bits per heavy atom. The Hall–Kier alpha value is -1.72. The summed E-state index contributed by atoms with van der Waals surface area (Å²) in [5.41, 5.74) is 1.12. The Kier molecular flexibility index (Phi) is 2.42. The van der Waals surface area contributed by atoms with E-state index in [1.165, 1.54) is 15.9 Å². The number of aldehydes is 1. The molecule has 3 rings (SSSR count). The van der Waals surface area contributed by atoms with Crippen LogP contribution in [0.3, 0.4) is 0 Å². The van der Waals surface area contributed by atoms with Crippen LogP contribution in [0.15, 0.2) is 30.3 Å². The molecule has 3 aromatic heterocycles. The molecule has 0 unspecified atom stereocenters. The van der Waals surface area contributed by atoms with E-state index in [1.807, 2.05) is 6.07 Å². The van der Waals surface area contributed by atoms with Crippen molar-refractivity contribution in [3.63, 3.8) is 0 Å². The van der Waals surface area contributed by atoms with Crippen molar-refractivity contribution in [1.82, 2.24) is 14.6 Å². The van der Waals surface area contributed by atoms with E-state index in [0.717, 1.165) is 11.2 Å². The van der Waals surface area contributed by atoms with Crippen molar-refractivity contribution in [1.29, 1.82) is 0 Å². The zero-order valence-corrected chi connectivity index (χ0v) is 10.1. The molecule has 0 spiro atoms. The smallest absolute Gasteiger partial charge is 0.192 e. The first-order valence-corrected chi connectivity index (χ1v) is 6.04. The van der Waals surface area contributed by atoms with Crippen molar-refractivity contribution in [2.24, 2.45) is 0 Å². The SMILES string of the molecule is O=Cc1cccc2nc(-c3ccc(Cl)s3)nn12. The van der Waals surface area contributed by atoms with Crippen LogP contribution in [0.25, 0.3) is 16.3 Å². The number of hydrogen-bond acceptors (Lipinski definition) is 4. The molecule has 4 nitrogen and oxygen atoms in total. The van der Waals surface area contributed by atoms with E-state index in [4.69, 9.17) is 11.6 Å². The number of fused-ring (bicyclic) bond motifs is 1. The first-order chi connectivity index (χ1) is 8.28. The molecule has 0 aliphatic heterocycles. The normalized spacial score (nSPS) is 10.9. The molecule has 0 atom stereocenters. The molecule has 0 aromatic carbocycles. The third-order valence-electron chi connectivity index (χ3n) is 2.30. The minimum Gasteiger partial charge on any atom is -0.296 e. The van der Waals surface area contributed by atoms with E-state index in [9.17, 15) is 4.79 Å². The lowest BCUT2D eigenvalue weighted by Gasteiger charge is -1.92. The van der Waals surface area contributed by atoms with Gasteiger partial charge in [0, 0.05) is 0 Å². The van der Waals surface area contributed by atoms with Crippen LogP contribution in [0.1, 0.15) is 10.5 Å². The molecule has 0 amide bonds. The first-order valence-electron chi connectivity index (χ1n) is 4.84. The molecule has 0 fully saturated rings. The van der Waals surface area contributed by atoms with Crippen molar-refractivity contribution in [2.75, 3.05) is 0 Å². The van der Waals surface area contributed by atoms with Crippen LogP contribution in [0.2, 0.25) is 4.34 Å². The number of carbonyl (C=O) groups is 1. The lowest BCUT2D eigenvalue weighted by molar-refractivity contribution is 0.111. The summed E-state index contributed by atoms with van der Waals surface area (Å²) in [6.45, 7) is 0. The molecule has 0 N–H and O–H groups in total. The highest BCUT2D eigenvalue weighted by Gasteiger charge is 2.10. The van der Waals surface area contributed by atoms with Crippen LogP contribution >= 0.6 is 22.9 Å². The van der Waals surface area contributed by atoms with E-state index in [1.54, 1.807) is 24.3 Å². The van der Waals surface area contributed by atoms with Crippen molar-refractivity contribution in [3.8, 4) is 10.7 Å². The standard InChI is InChI=1S/C11H6ClN3OS/c12-9-5-4-8(17-9)11-13-10-3-1-2-7(6-16)15(10)14-11/h1-6H. The van der Waals surface area contributed by atoms with Gasteiger partial charge in [0.25, 0.3) is 0 Å². The molecular formula is C11H6ClN3OS. The van der Waals surface area contributed by atoms with Gasteiger partial charge in [-0.2, -0.15) is 0 Å². The maximum Gasteiger partial charge on any atom is 0.192 e. The zero-order chi connectivity index (χ0) is 11.8. The van der Waals surface area contributed by atoms with Crippen molar-refractivity contribution < 1.29 is 4.79 Å². The Morgan fingerprint density at radius 2 is 2.18 bits per heavy atom. The molecule has 0 saturated carbocycles. The molecular weight excluding hydrogens is 258 g/mol. The summed E-state index contributed by atoms with van der Waals surface area (Å²) in [6, 6.07) is 8.94. The van der Waals surface area contributed by atoms with Crippen LogP contribution in [-0.2, 0) is 0 Å². The second kappa shape index (κ2) is 3.94. The number of hydrogen-bond donors (Lipinski definition) is 0.